The van der Waals surface area contributed by atoms with Crippen molar-refractivity contribution in [1.82, 2.24) is 0 Å². The number of benzene rings is 2. The highest BCUT2D eigenvalue weighted by molar-refractivity contribution is 5.82. The molecule has 3 aromatic rings. The predicted molar refractivity (Wildman–Crippen MR) is 97.1 cm³/mol. The third-order valence-electron chi connectivity index (χ3n) is 4.77. The third kappa shape index (κ3) is 3.79. The average molecular weight is 374 g/mol. The average Bonchev–Trinajstić information content (AvgIpc) is 2.90. The number of carboxylic acids is 1. The van der Waals surface area contributed by atoms with E-state index in [9.17, 15) is 13.6 Å². The summed E-state index contributed by atoms with van der Waals surface area (Å²) in [4.78, 5) is 10.8. The minimum absolute atomic E-state index is 0.0232. The van der Waals surface area contributed by atoms with Crippen molar-refractivity contribution in [3.63, 3.8) is 0 Å². The number of fused-ring (bicyclic) bond motifs is 1. The van der Waals surface area contributed by atoms with Gasteiger partial charge in [-0.3, -0.25) is 4.79 Å². The van der Waals surface area contributed by atoms with E-state index in [2.05, 4.69) is 0 Å². The largest absolute Gasteiger partial charge is 0.488 e. The molecule has 1 aromatic heterocycles. The minimum atomic E-state index is -0.844. The van der Waals surface area contributed by atoms with Crippen LogP contribution in [0.25, 0.3) is 11.0 Å². The molecule has 0 fully saturated rings. The van der Waals surface area contributed by atoms with Crippen LogP contribution in [0.3, 0.4) is 0 Å². The Morgan fingerprint density at radius 3 is 2.56 bits per heavy atom. The number of halogens is 2. The Kier molecular flexibility index (Phi) is 5.17. The molecule has 0 saturated heterocycles. The van der Waals surface area contributed by atoms with Crippen molar-refractivity contribution in [2.24, 2.45) is 0 Å². The Hall–Kier alpha value is -2.89. The van der Waals surface area contributed by atoms with Gasteiger partial charge < -0.3 is 14.3 Å². The maximum atomic E-state index is 14.0. The molecule has 0 aliphatic heterocycles. The molecule has 1 heterocycles. The first-order chi connectivity index (χ1) is 12.8. The summed E-state index contributed by atoms with van der Waals surface area (Å²) in [7, 11) is 0. The fourth-order valence-electron chi connectivity index (χ4n) is 3.10. The number of carbonyl (C=O) groups is 1. The van der Waals surface area contributed by atoms with Gasteiger partial charge in [0.1, 0.15) is 29.5 Å². The van der Waals surface area contributed by atoms with E-state index < -0.39 is 17.6 Å². The zero-order valence-electron chi connectivity index (χ0n) is 15.4. The molecule has 2 aromatic carbocycles. The van der Waals surface area contributed by atoms with Crippen molar-refractivity contribution in [3.8, 4) is 5.75 Å². The quantitative estimate of drug-likeness (QED) is 0.642. The normalized spacial score (nSPS) is 11.1. The van der Waals surface area contributed by atoms with Crippen LogP contribution in [0, 0.1) is 32.4 Å². The summed E-state index contributed by atoms with van der Waals surface area (Å²) in [6, 6.07) is 5.98. The van der Waals surface area contributed by atoms with Crippen molar-refractivity contribution in [2.45, 2.75) is 40.2 Å². The van der Waals surface area contributed by atoms with Gasteiger partial charge in [0, 0.05) is 12.0 Å². The van der Waals surface area contributed by atoms with Crippen LogP contribution < -0.4 is 4.74 Å². The molecule has 142 valence electrons. The van der Waals surface area contributed by atoms with Gasteiger partial charge in [-0.1, -0.05) is 6.07 Å². The van der Waals surface area contributed by atoms with E-state index >= 15 is 0 Å². The van der Waals surface area contributed by atoms with Gasteiger partial charge in [-0.25, -0.2) is 8.78 Å². The Morgan fingerprint density at radius 1 is 1.11 bits per heavy atom. The summed E-state index contributed by atoms with van der Waals surface area (Å²) in [5, 5.41) is 8.94. The smallest absolute Gasteiger partial charge is 0.303 e. The standard InChI is InChI=1S/C21H20F2O4/c1-11-12(2)18(6-4-14(11)5-7-19(24)25)26-10-15-8-16(22)9-17-20(23)13(3)27-21(15)17/h4,6,8-9H,5,7,10H2,1-3H3,(H,24,25). The molecule has 0 aliphatic rings. The van der Waals surface area contributed by atoms with Crippen molar-refractivity contribution < 1.29 is 27.8 Å². The second-order valence-corrected chi connectivity index (χ2v) is 6.57. The second-order valence-electron chi connectivity index (χ2n) is 6.57. The SMILES string of the molecule is Cc1oc2c(COc3ccc(CCC(=O)O)c(C)c3C)cc(F)cc2c1F. The second kappa shape index (κ2) is 7.39. The molecule has 1 N–H and O–H groups in total. The summed E-state index contributed by atoms with van der Waals surface area (Å²) in [6.45, 7) is 5.30. The lowest BCUT2D eigenvalue weighted by Gasteiger charge is -2.14. The Bertz CT molecular complexity index is 1020. The Labute approximate surface area is 155 Å². The van der Waals surface area contributed by atoms with Gasteiger partial charge in [0.25, 0.3) is 0 Å². The fraction of sp³-hybridized carbons (Fsp3) is 0.286. The van der Waals surface area contributed by atoms with Gasteiger partial charge >= 0.3 is 5.97 Å². The predicted octanol–water partition coefficient (Wildman–Crippen LogP) is 5.23. The van der Waals surface area contributed by atoms with Crippen LogP contribution in [0.5, 0.6) is 5.75 Å². The maximum absolute atomic E-state index is 14.0. The van der Waals surface area contributed by atoms with Crippen molar-refractivity contribution >= 4 is 16.9 Å². The summed E-state index contributed by atoms with van der Waals surface area (Å²) in [5.41, 5.74) is 3.48. The minimum Gasteiger partial charge on any atom is -0.488 e. The van der Waals surface area contributed by atoms with Crippen molar-refractivity contribution in [1.29, 1.82) is 0 Å². The molecule has 0 unspecified atom stereocenters. The van der Waals surface area contributed by atoms with Gasteiger partial charge in [-0.05, 0) is 62.1 Å². The molecule has 0 bridgehead atoms. The molecule has 0 spiro atoms. The van der Waals surface area contributed by atoms with Crippen LogP contribution in [0.1, 0.15) is 34.4 Å². The van der Waals surface area contributed by atoms with Crippen LogP contribution >= 0.6 is 0 Å². The fourth-order valence-corrected chi connectivity index (χ4v) is 3.10. The van der Waals surface area contributed by atoms with E-state index in [0.717, 1.165) is 22.8 Å². The molecule has 0 atom stereocenters. The highest BCUT2D eigenvalue weighted by atomic mass is 19.1. The topological polar surface area (TPSA) is 59.7 Å². The zero-order chi connectivity index (χ0) is 19.7. The Morgan fingerprint density at radius 2 is 1.85 bits per heavy atom. The number of ether oxygens (including phenoxy) is 1. The molecule has 6 heteroatoms. The van der Waals surface area contributed by atoms with Crippen molar-refractivity contribution in [2.75, 3.05) is 0 Å². The number of aliphatic carboxylic acids is 1. The molecule has 0 aliphatic carbocycles. The van der Waals surface area contributed by atoms with Crippen LogP contribution in [0.4, 0.5) is 8.78 Å². The number of carboxylic acid groups (broad SMARTS) is 1. The maximum Gasteiger partial charge on any atom is 0.303 e. The van der Waals surface area contributed by atoms with E-state index in [4.69, 9.17) is 14.3 Å². The van der Waals surface area contributed by atoms with Gasteiger partial charge in [0.15, 0.2) is 5.82 Å². The van der Waals surface area contributed by atoms with E-state index in [-0.39, 0.29) is 29.8 Å². The summed E-state index contributed by atoms with van der Waals surface area (Å²) >= 11 is 0. The molecule has 4 nitrogen and oxygen atoms in total. The van der Waals surface area contributed by atoms with Gasteiger partial charge in [-0.2, -0.15) is 0 Å². The van der Waals surface area contributed by atoms with Crippen LogP contribution in [-0.2, 0) is 17.8 Å². The van der Waals surface area contributed by atoms with Gasteiger partial charge in [0.05, 0.1) is 5.39 Å². The summed E-state index contributed by atoms with van der Waals surface area (Å²) in [6.07, 6.45) is 0.503. The lowest BCUT2D eigenvalue weighted by Crippen LogP contribution is -2.03. The molecule has 0 saturated carbocycles. The van der Waals surface area contributed by atoms with Gasteiger partial charge in [-0.15, -0.1) is 0 Å². The third-order valence-corrected chi connectivity index (χ3v) is 4.77. The van der Waals surface area contributed by atoms with Crippen LogP contribution in [0.15, 0.2) is 28.7 Å². The van der Waals surface area contributed by atoms with E-state index in [1.54, 1.807) is 6.07 Å². The van der Waals surface area contributed by atoms with Crippen molar-refractivity contribution in [3.05, 3.63) is 63.9 Å². The number of furan rings is 1. The number of hydrogen-bond acceptors (Lipinski definition) is 3. The van der Waals surface area contributed by atoms with E-state index in [0.29, 0.717) is 17.7 Å². The number of aryl methyl sites for hydroxylation is 2. The lowest BCUT2D eigenvalue weighted by molar-refractivity contribution is -0.136. The molecular weight excluding hydrogens is 354 g/mol. The summed E-state index contributed by atoms with van der Waals surface area (Å²) in [5.74, 6) is -1.26. The monoisotopic (exact) mass is 374 g/mol. The van der Waals surface area contributed by atoms with Gasteiger partial charge in [0.2, 0.25) is 0 Å². The first-order valence-corrected chi connectivity index (χ1v) is 8.58. The lowest BCUT2D eigenvalue weighted by atomic mass is 9.99. The number of rotatable bonds is 6. The highest BCUT2D eigenvalue weighted by Crippen LogP contribution is 2.30. The zero-order valence-corrected chi connectivity index (χ0v) is 15.4. The Balaban J connectivity index is 1.85. The van der Waals surface area contributed by atoms with Crippen LogP contribution in [-0.4, -0.2) is 11.1 Å². The first kappa shape index (κ1) is 18.9. The van der Waals surface area contributed by atoms with E-state index in [1.807, 2.05) is 19.9 Å². The molecule has 0 radical (unpaired) electrons. The molecule has 27 heavy (non-hydrogen) atoms. The first-order valence-electron chi connectivity index (χ1n) is 8.58. The molecule has 0 amide bonds. The van der Waals surface area contributed by atoms with Crippen LogP contribution in [0.2, 0.25) is 0 Å². The highest BCUT2D eigenvalue weighted by Gasteiger charge is 2.17. The molecular formula is C21H20F2O4. The molecule has 3 rings (SSSR count). The number of hydrogen-bond donors (Lipinski definition) is 1. The van der Waals surface area contributed by atoms with E-state index in [1.165, 1.54) is 13.0 Å². The summed E-state index contributed by atoms with van der Waals surface area (Å²) < 4.78 is 39.1.